The fourth-order valence-corrected chi connectivity index (χ4v) is 2.10. The molecule has 0 unspecified atom stereocenters. The lowest BCUT2D eigenvalue weighted by Gasteiger charge is -2.14. The topological polar surface area (TPSA) is 38.7 Å². The molecular formula is C16H17ClO3. The fourth-order valence-electron chi connectivity index (χ4n) is 1.91. The molecule has 0 amide bonds. The van der Waals surface area contributed by atoms with E-state index in [1.165, 1.54) is 5.56 Å². The second-order valence-corrected chi connectivity index (χ2v) is 4.79. The van der Waals surface area contributed by atoms with E-state index in [0.717, 1.165) is 6.42 Å². The maximum Gasteiger partial charge on any atom is 0.169 e. The van der Waals surface area contributed by atoms with Gasteiger partial charge in [0.15, 0.2) is 11.5 Å². The molecule has 3 nitrogen and oxygen atoms in total. The molecule has 0 spiro atoms. The molecule has 0 radical (unpaired) electrons. The smallest absolute Gasteiger partial charge is 0.169 e. The summed E-state index contributed by atoms with van der Waals surface area (Å²) in [6.07, 6.45) is 0.930. The van der Waals surface area contributed by atoms with E-state index in [2.05, 4.69) is 6.92 Å². The van der Waals surface area contributed by atoms with Gasteiger partial charge in [0.1, 0.15) is 5.75 Å². The van der Waals surface area contributed by atoms with Gasteiger partial charge >= 0.3 is 0 Å². The van der Waals surface area contributed by atoms with Crippen LogP contribution in [0.3, 0.4) is 0 Å². The molecule has 0 bridgehead atoms. The zero-order chi connectivity index (χ0) is 14.5. The molecule has 0 aromatic heterocycles. The van der Waals surface area contributed by atoms with Gasteiger partial charge in [0.05, 0.1) is 13.7 Å². The lowest BCUT2D eigenvalue weighted by molar-refractivity contribution is 0.275. The molecule has 20 heavy (non-hydrogen) atoms. The van der Waals surface area contributed by atoms with Gasteiger partial charge in [0, 0.05) is 10.6 Å². The highest BCUT2D eigenvalue weighted by molar-refractivity contribution is 6.30. The van der Waals surface area contributed by atoms with Crippen LogP contribution in [-0.2, 0) is 13.0 Å². The summed E-state index contributed by atoms with van der Waals surface area (Å²) in [5, 5.41) is 9.92. The van der Waals surface area contributed by atoms with Crippen molar-refractivity contribution in [3.63, 3.8) is 0 Å². The van der Waals surface area contributed by atoms with Crippen LogP contribution in [0.15, 0.2) is 36.4 Å². The molecule has 0 atom stereocenters. The van der Waals surface area contributed by atoms with Crippen molar-refractivity contribution in [2.24, 2.45) is 0 Å². The van der Waals surface area contributed by atoms with Crippen LogP contribution < -0.4 is 9.47 Å². The highest BCUT2D eigenvalue weighted by atomic mass is 35.5. The highest BCUT2D eigenvalue weighted by Crippen LogP contribution is 2.34. The summed E-state index contributed by atoms with van der Waals surface area (Å²) in [7, 11) is 1.61. The molecule has 0 saturated carbocycles. The van der Waals surface area contributed by atoms with Crippen LogP contribution in [-0.4, -0.2) is 12.2 Å². The van der Waals surface area contributed by atoms with Crippen molar-refractivity contribution in [1.82, 2.24) is 0 Å². The van der Waals surface area contributed by atoms with Crippen molar-refractivity contribution in [3.8, 4) is 17.2 Å². The largest absolute Gasteiger partial charge is 0.493 e. The van der Waals surface area contributed by atoms with Crippen molar-refractivity contribution in [2.45, 2.75) is 20.0 Å². The van der Waals surface area contributed by atoms with E-state index < -0.39 is 0 Å². The second-order valence-electron chi connectivity index (χ2n) is 4.35. The Morgan fingerprint density at radius 2 is 1.80 bits per heavy atom. The number of aryl methyl sites for hydroxylation is 1. The Balaban J connectivity index is 2.34. The molecular weight excluding hydrogens is 276 g/mol. The molecule has 2 aromatic carbocycles. The monoisotopic (exact) mass is 292 g/mol. The van der Waals surface area contributed by atoms with Gasteiger partial charge in [-0.2, -0.15) is 0 Å². The van der Waals surface area contributed by atoms with E-state index in [-0.39, 0.29) is 6.61 Å². The highest BCUT2D eigenvalue weighted by Gasteiger charge is 2.10. The summed E-state index contributed by atoms with van der Waals surface area (Å²) >= 11 is 5.91. The molecule has 2 aromatic rings. The van der Waals surface area contributed by atoms with Crippen molar-refractivity contribution in [3.05, 3.63) is 52.5 Å². The minimum atomic E-state index is -0.134. The molecule has 0 aliphatic carbocycles. The Morgan fingerprint density at radius 1 is 1.05 bits per heavy atom. The summed E-state index contributed by atoms with van der Waals surface area (Å²) in [4.78, 5) is 0. The van der Waals surface area contributed by atoms with E-state index in [9.17, 15) is 5.11 Å². The molecule has 4 heteroatoms. The van der Waals surface area contributed by atoms with E-state index >= 15 is 0 Å². The summed E-state index contributed by atoms with van der Waals surface area (Å²) in [5.41, 5.74) is 1.81. The number of halogens is 1. The van der Waals surface area contributed by atoms with Crippen molar-refractivity contribution >= 4 is 11.6 Å². The zero-order valence-corrected chi connectivity index (χ0v) is 12.3. The Hall–Kier alpha value is -1.71. The van der Waals surface area contributed by atoms with Gasteiger partial charge in [-0.15, -0.1) is 0 Å². The number of benzene rings is 2. The predicted molar refractivity (Wildman–Crippen MR) is 79.8 cm³/mol. The third kappa shape index (κ3) is 3.24. The Labute approximate surface area is 123 Å². The quantitative estimate of drug-likeness (QED) is 0.898. The predicted octanol–water partition coefficient (Wildman–Crippen LogP) is 4.20. The van der Waals surface area contributed by atoms with Crippen molar-refractivity contribution in [2.75, 3.05) is 7.11 Å². The first kappa shape index (κ1) is 14.7. The number of aliphatic hydroxyl groups excluding tert-OH is 1. The van der Waals surface area contributed by atoms with Crippen LogP contribution in [0, 0.1) is 0 Å². The minimum absolute atomic E-state index is 0.134. The minimum Gasteiger partial charge on any atom is -0.493 e. The van der Waals surface area contributed by atoms with Crippen LogP contribution in [0.2, 0.25) is 5.02 Å². The van der Waals surface area contributed by atoms with Gasteiger partial charge in [-0.3, -0.25) is 0 Å². The molecule has 0 aliphatic heterocycles. The summed E-state index contributed by atoms with van der Waals surface area (Å²) in [6.45, 7) is 1.95. The molecule has 0 fully saturated rings. The van der Waals surface area contributed by atoms with E-state index in [0.29, 0.717) is 27.8 Å². The summed E-state index contributed by atoms with van der Waals surface area (Å²) in [6, 6.07) is 11.0. The number of hydrogen-bond donors (Lipinski definition) is 1. The van der Waals surface area contributed by atoms with Crippen LogP contribution in [0.25, 0.3) is 0 Å². The molecule has 0 saturated heterocycles. The lowest BCUT2D eigenvalue weighted by atomic mass is 10.1. The van der Waals surface area contributed by atoms with E-state index in [4.69, 9.17) is 21.1 Å². The van der Waals surface area contributed by atoms with Gasteiger partial charge in [-0.05, 0) is 42.3 Å². The van der Waals surface area contributed by atoms with E-state index in [1.54, 1.807) is 25.3 Å². The van der Waals surface area contributed by atoms with Crippen LogP contribution >= 0.6 is 11.6 Å². The third-order valence-corrected chi connectivity index (χ3v) is 3.28. The fraction of sp³-hybridized carbons (Fsp3) is 0.250. The average Bonchev–Trinajstić information content (AvgIpc) is 2.49. The SMILES string of the molecule is CCc1ccc(Oc2ccc(Cl)cc2CO)c(OC)c1. The van der Waals surface area contributed by atoms with Crippen molar-refractivity contribution in [1.29, 1.82) is 0 Å². The van der Waals surface area contributed by atoms with Gasteiger partial charge in [-0.25, -0.2) is 0 Å². The molecule has 0 heterocycles. The molecule has 2 rings (SSSR count). The standard InChI is InChI=1S/C16H17ClO3/c1-3-11-4-6-15(16(8-11)19-2)20-14-7-5-13(17)9-12(14)10-18/h4-9,18H,3,10H2,1-2H3. The van der Waals surface area contributed by atoms with Gasteiger partial charge in [0.25, 0.3) is 0 Å². The van der Waals surface area contributed by atoms with Crippen LogP contribution in [0.1, 0.15) is 18.1 Å². The Bertz CT molecular complexity index is 596. The molecule has 106 valence electrons. The average molecular weight is 293 g/mol. The maximum atomic E-state index is 9.36. The number of hydrogen-bond acceptors (Lipinski definition) is 3. The van der Waals surface area contributed by atoms with Gasteiger partial charge in [-0.1, -0.05) is 24.6 Å². The maximum absolute atomic E-state index is 9.36. The van der Waals surface area contributed by atoms with Crippen LogP contribution in [0.4, 0.5) is 0 Å². The first-order valence-corrected chi connectivity index (χ1v) is 6.79. The second kappa shape index (κ2) is 6.64. The van der Waals surface area contributed by atoms with Crippen molar-refractivity contribution < 1.29 is 14.6 Å². The molecule has 1 N–H and O–H groups in total. The first-order valence-electron chi connectivity index (χ1n) is 6.42. The third-order valence-electron chi connectivity index (χ3n) is 3.05. The van der Waals surface area contributed by atoms with Crippen LogP contribution in [0.5, 0.6) is 17.2 Å². The number of rotatable bonds is 5. The zero-order valence-electron chi connectivity index (χ0n) is 11.5. The number of ether oxygens (including phenoxy) is 2. The Kier molecular flexibility index (Phi) is 4.88. The number of methoxy groups -OCH3 is 1. The van der Waals surface area contributed by atoms with Gasteiger partial charge in [0.2, 0.25) is 0 Å². The van der Waals surface area contributed by atoms with E-state index in [1.807, 2.05) is 18.2 Å². The Morgan fingerprint density at radius 3 is 2.45 bits per heavy atom. The normalized spacial score (nSPS) is 10.4. The van der Waals surface area contributed by atoms with Gasteiger partial charge < -0.3 is 14.6 Å². The lowest BCUT2D eigenvalue weighted by Crippen LogP contribution is -1.95. The number of aliphatic hydroxyl groups is 1. The summed E-state index contributed by atoms with van der Waals surface area (Å²) in [5.74, 6) is 1.85. The summed E-state index contributed by atoms with van der Waals surface area (Å²) < 4.78 is 11.2. The molecule has 0 aliphatic rings. The first-order chi connectivity index (χ1) is 9.67.